The normalized spacial score (nSPS) is 17.2. The predicted molar refractivity (Wildman–Crippen MR) is 407 cm³/mol. The molecule has 4 aliphatic heterocycles. The van der Waals surface area contributed by atoms with E-state index in [1.54, 1.807) is 151 Å². The summed E-state index contributed by atoms with van der Waals surface area (Å²) in [6, 6.07) is 54.6. The SMILES string of the molecule is C=C1C(=O)C(=C(O)c2ccccc2)C(c2ccccc2)N1c1ccccn1.C=C1C(O)=C(C(=O)c2ccc(C)o2)C(c2ccccc2F)N1c1ccncn1.C=C1C(O)=C(C(=O)c2ccc(C)o2)C(c2ccccc2F)N1c1ncccn1.C=C1C(O)=C(C(=O)c2ccco2)C(c2cccc(Cl)c2)N1c1ncccn1. The van der Waals surface area contributed by atoms with Crippen LogP contribution in [-0.2, 0) is 4.79 Å². The smallest absolute Gasteiger partial charge is 0.230 e. The minimum Gasteiger partial charge on any atom is -0.507 e. The van der Waals surface area contributed by atoms with Gasteiger partial charge in [0.25, 0.3) is 0 Å². The fourth-order valence-corrected chi connectivity index (χ4v) is 13.2. The Morgan fingerprint density at radius 1 is 0.445 bits per heavy atom. The topological polar surface area (TPSA) is 292 Å². The molecule has 110 heavy (non-hydrogen) atoms. The number of carbonyl (C=O) groups excluding carboxylic acids is 4. The van der Waals surface area contributed by atoms with Gasteiger partial charge >= 0.3 is 0 Å². The minimum atomic E-state index is -0.992. The molecule has 4 N–H and O–H groups in total. The Balaban J connectivity index is 0.000000129. The molecule has 0 spiro atoms. The Kier molecular flexibility index (Phi) is 21.5. The number of ketones is 4. The molecule has 12 aromatic rings. The number of benzene rings is 5. The van der Waals surface area contributed by atoms with Gasteiger partial charge in [-0.1, -0.05) is 153 Å². The van der Waals surface area contributed by atoms with E-state index in [1.807, 2.05) is 72.8 Å². The fourth-order valence-electron chi connectivity index (χ4n) is 13.0. The van der Waals surface area contributed by atoms with Gasteiger partial charge in [0.2, 0.25) is 35.0 Å². The molecule has 25 heteroatoms. The highest BCUT2D eigenvalue weighted by atomic mass is 35.5. The van der Waals surface area contributed by atoms with Gasteiger partial charge in [0.1, 0.15) is 64.2 Å². The van der Waals surface area contributed by atoms with Crippen LogP contribution in [0.2, 0.25) is 5.02 Å². The molecule has 4 atom stereocenters. The zero-order chi connectivity index (χ0) is 77.4. The largest absolute Gasteiger partial charge is 0.507 e. The molecule has 22 nitrogen and oxygen atoms in total. The number of hydrogen-bond acceptors (Lipinski definition) is 22. The monoisotopic (exact) mass is 1490 g/mol. The molecule has 11 heterocycles. The van der Waals surface area contributed by atoms with Crippen molar-refractivity contribution in [1.29, 1.82) is 0 Å². The Morgan fingerprint density at radius 3 is 1.40 bits per heavy atom. The number of carbonyl (C=O) groups is 4. The molecular formula is C85H64ClF2N11O11. The minimum absolute atomic E-state index is 0.0249. The number of pyridine rings is 1. The van der Waals surface area contributed by atoms with E-state index in [0.717, 1.165) is 5.56 Å². The first-order chi connectivity index (χ1) is 53.2. The number of aryl methyl sites for hydroxylation is 2. The van der Waals surface area contributed by atoms with Crippen molar-refractivity contribution < 1.29 is 61.6 Å². The van der Waals surface area contributed by atoms with E-state index >= 15 is 0 Å². The lowest BCUT2D eigenvalue weighted by atomic mass is 9.94. The quantitative estimate of drug-likeness (QED) is 0.0421. The van der Waals surface area contributed by atoms with Gasteiger partial charge in [-0.25, -0.2) is 43.7 Å². The lowest BCUT2D eigenvalue weighted by molar-refractivity contribution is -0.111. The molecule has 0 bridgehead atoms. The second-order valence-corrected chi connectivity index (χ2v) is 25.2. The second-order valence-electron chi connectivity index (χ2n) is 24.8. The van der Waals surface area contributed by atoms with Gasteiger partial charge in [0.15, 0.2) is 17.3 Å². The molecular weight excluding hydrogens is 1420 g/mol. The van der Waals surface area contributed by atoms with Crippen LogP contribution in [0.3, 0.4) is 0 Å². The average molecular weight is 1490 g/mol. The lowest BCUT2D eigenvalue weighted by Gasteiger charge is -2.28. The molecule has 5 aromatic carbocycles. The predicted octanol–water partition coefficient (Wildman–Crippen LogP) is 17.8. The molecule has 4 aliphatic rings. The standard InChI is InChI=1S/C23H18N2O2.2C21H16FN3O3.C20H14ClN3O3/c1-16-22(26)20(23(27)18-12-6-3-7-13-18)21(17-10-4-2-5-11-17)25(16)19-14-8-9-15-24-19;1-12-8-9-16(28-12)20(27)17-18(14-6-3-4-7-15(14)22)25(13(2)19(17)26)21-23-10-5-11-24-21;1-12-7-8-16(28-12)21(27)18-19(14-5-3-4-6-15(14)22)25(13(2)20(18)26)17-9-10-23-11-24-17;1-12-18(25)16(19(26)15-7-3-10-27-15)17(13-5-2-6-14(21)11-13)24(12)20-22-8-4-9-23-20/h2-15,21,27H,1H2;3-11,18,26H,2H2,1H3;3-11,19,26H,2H2,1H3;2-11,17,25H,1H2. The highest BCUT2D eigenvalue weighted by Crippen LogP contribution is 2.50. The number of anilines is 4. The van der Waals surface area contributed by atoms with Crippen molar-refractivity contribution in [3.8, 4) is 0 Å². The number of aliphatic hydroxyl groups excluding tert-OH is 4. The van der Waals surface area contributed by atoms with Crippen molar-refractivity contribution in [2.24, 2.45) is 0 Å². The Labute approximate surface area is 632 Å². The summed E-state index contributed by atoms with van der Waals surface area (Å²) in [6.45, 7) is 19.1. The van der Waals surface area contributed by atoms with Crippen LogP contribution in [0.4, 0.5) is 32.3 Å². The molecule has 1 fully saturated rings. The second kappa shape index (κ2) is 32.1. The van der Waals surface area contributed by atoms with Gasteiger partial charge in [-0.3, -0.25) is 29.0 Å². The summed E-state index contributed by atoms with van der Waals surface area (Å²) >= 11 is 6.16. The van der Waals surface area contributed by atoms with E-state index in [-0.39, 0.29) is 97.0 Å². The van der Waals surface area contributed by atoms with E-state index in [2.05, 4.69) is 61.2 Å². The van der Waals surface area contributed by atoms with Crippen LogP contribution >= 0.6 is 11.6 Å². The van der Waals surface area contributed by atoms with Crippen molar-refractivity contribution >= 4 is 64.0 Å². The van der Waals surface area contributed by atoms with E-state index in [4.69, 9.17) is 24.9 Å². The Hall–Kier alpha value is -14.5. The van der Waals surface area contributed by atoms with Gasteiger partial charge in [-0.2, -0.15) is 0 Å². The van der Waals surface area contributed by atoms with Crippen molar-refractivity contribution in [1.82, 2.24) is 34.9 Å². The van der Waals surface area contributed by atoms with E-state index < -0.39 is 53.2 Å². The fraction of sp³-hybridized carbons (Fsp3) is 0.0706. The third-order valence-corrected chi connectivity index (χ3v) is 18.3. The molecule has 4 unspecified atom stereocenters. The molecule has 0 aliphatic carbocycles. The lowest BCUT2D eigenvalue weighted by Crippen LogP contribution is -2.27. The van der Waals surface area contributed by atoms with Crippen LogP contribution in [0.1, 0.15) is 95.2 Å². The summed E-state index contributed by atoms with van der Waals surface area (Å²) in [6.07, 6.45) is 12.1. The maximum atomic E-state index is 14.7. The number of allylic oxidation sites excluding steroid dienone is 1. The zero-order valence-corrected chi connectivity index (χ0v) is 59.3. The number of aliphatic hydroxyl groups is 4. The first kappa shape index (κ1) is 73.8. The number of furan rings is 3. The zero-order valence-electron chi connectivity index (χ0n) is 58.6. The van der Waals surface area contributed by atoms with Crippen molar-refractivity contribution in [3.63, 3.8) is 0 Å². The van der Waals surface area contributed by atoms with E-state index in [0.29, 0.717) is 56.5 Å². The van der Waals surface area contributed by atoms with Gasteiger partial charge in [-0.05, 0) is 116 Å². The van der Waals surface area contributed by atoms with Gasteiger partial charge in [0, 0.05) is 58.9 Å². The molecule has 7 aromatic heterocycles. The summed E-state index contributed by atoms with van der Waals surface area (Å²) < 4.78 is 45.5. The molecule has 1 saturated heterocycles. The summed E-state index contributed by atoms with van der Waals surface area (Å²) in [4.78, 5) is 88.1. The van der Waals surface area contributed by atoms with Crippen LogP contribution < -0.4 is 19.6 Å². The summed E-state index contributed by atoms with van der Waals surface area (Å²) in [5.41, 5.74) is 3.68. The molecule has 0 amide bonds. The number of hydrogen-bond donors (Lipinski definition) is 4. The summed E-state index contributed by atoms with van der Waals surface area (Å²) in [5.74, 6) is -1.02. The van der Waals surface area contributed by atoms with Crippen LogP contribution in [0, 0.1) is 25.5 Å². The molecule has 0 saturated carbocycles. The first-order valence-electron chi connectivity index (χ1n) is 33.8. The van der Waals surface area contributed by atoms with E-state index in [1.165, 1.54) is 65.2 Å². The third-order valence-electron chi connectivity index (χ3n) is 18.0. The number of halogens is 3. The van der Waals surface area contributed by atoms with Crippen LogP contribution in [0.15, 0.2) is 358 Å². The Bertz CT molecular complexity index is 5490. The van der Waals surface area contributed by atoms with Crippen LogP contribution in [0.5, 0.6) is 0 Å². The number of rotatable bonds is 15. The summed E-state index contributed by atoms with van der Waals surface area (Å²) in [7, 11) is 0. The molecule has 0 radical (unpaired) electrons. The number of aromatic nitrogens is 7. The maximum Gasteiger partial charge on any atom is 0.230 e. The number of Topliss-reactive ketones (excluding diaryl/α,β-unsaturated/α-hetero) is 4. The van der Waals surface area contributed by atoms with Gasteiger partial charge < -0.3 is 43.5 Å². The Morgan fingerprint density at radius 2 is 0.909 bits per heavy atom. The van der Waals surface area contributed by atoms with Crippen molar-refractivity contribution in [2.75, 3.05) is 19.6 Å². The average Bonchev–Trinajstić information content (AvgIpc) is 1.61. The van der Waals surface area contributed by atoms with Gasteiger partial charge in [-0.15, -0.1) is 0 Å². The molecule has 16 rings (SSSR count). The molecule has 546 valence electrons. The van der Waals surface area contributed by atoms with Crippen LogP contribution in [0.25, 0.3) is 5.76 Å². The van der Waals surface area contributed by atoms with Crippen LogP contribution in [-0.4, -0.2) is 78.4 Å². The highest BCUT2D eigenvalue weighted by molar-refractivity contribution is 6.30. The maximum absolute atomic E-state index is 14.7. The third kappa shape index (κ3) is 14.5. The van der Waals surface area contributed by atoms with Crippen molar-refractivity contribution in [3.05, 3.63) is 418 Å². The first-order valence-corrected chi connectivity index (χ1v) is 34.2. The summed E-state index contributed by atoms with van der Waals surface area (Å²) in [5, 5.41) is 43.7. The highest BCUT2D eigenvalue weighted by Gasteiger charge is 2.48. The van der Waals surface area contributed by atoms with Crippen molar-refractivity contribution in [2.45, 2.75) is 38.0 Å². The van der Waals surface area contributed by atoms with Gasteiger partial charge in [0.05, 0.1) is 75.5 Å². The van der Waals surface area contributed by atoms with E-state index in [9.17, 15) is 48.4 Å². The number of nitrogens with zero attached hydrogens (tertiary/aromatic N) is 11.